The van der Waals surface area contributed by atoms with E-state index < -0.39 is 0 Å². The van der Waals surface area contributed by atoms with E-state index in [1.807, 2.05) is 86.6 Å². The highest BCUT2D eigenvalue weighted by Gasteiger charge is 2.08. The largest absolute Gasteiger partial charge is 0.427 e. The molecule has 0 bridgehead atoms. The molecule has 0 radical (unpaired) electrons. The maximum absolute atomic E-state index is 12.3. The molecule has 4 aromatic rings. The van der Waals surface area contributed by atoms with E-state index >= 15 is 0 Å². The van der Waals surface area contributed by atoms with E-state index in [9.17, 15) is 20.1 Å². The quantitative estimate of drug-likeness (QED) is 0.0493. The zero-order valence-corrected chi connectivity index (χ0v) is 26.2. The van der Waals surface area contributed by atoms with Crippen LogP contribution >= 0.6 is 0 Å². The summed E-state index contributed by atoms with van der Waals surface area (Å²) in [5.74, 6) is 0.303. The van der Waals surface area contributed by atoms with Crippen LogP contribution in [-0.2, 0) is 9.59 Å². The number of rotatable bonds is 13. The predicted molar refractivity (Wildman–Crippen MR) is 181 cm³/mol. The molecular weight excluding hydrogens is 572 g/mol. The first-order chi connectivity index (χ1) is 22.3. The van der Waals surface area contributed by atoms with Gasteiger partial charge in [-0.3, -0.25) is 9.59 Å². The van der Waals surface area contributed by atoms with Gasteiger partial charge in [0.05, 0.1) is 23.3 Å². The number of esters is 2. The average molecular weight is 609 g/mol. The van der Waals surface area contributed by atoms with E-state index in [4.69, 9.17) is 9.47 Å². The number of nitriles is 2. The third-order valence-electron chi connectivity index (χ3n) is 7.32. The Morgan fingerprint density at radius 3 is 1.22 bits per heavy atom. The first-order valence-electron chi connectivity index (χ1n) is 15.3. The molecule has 0 atom stereocenters. The van der Waals surface area contributed by atoms with Crippen molar-refractivity contribution in [3.63, 3.8) is 0 Å². The monoisotopic (exact) mass is 608 g/mol. The Morgan fingerprint density at radius 2 is 0.891 bits per heavy atom. The SMILES string of the molecule is Cc1ccc(C(C#N)=Cc2ccc(OC(=O)CCCCCCC(=O)Oc3ccc(C=C(C#N)c4ccc(C)cc4)cc3)cc2)cc1. The molecule has 6 heteroatoms. The Hall–Kier alpha value is -5.72. The third-order valence-corrected chi connectivity index (χ3v) is 7.32. The second-order valence-electron chi connectivity index (χ2n) is 11.1. The molecule has 0 aliphatic rings. The summed E-state index contributed by atoms with van der Waals surface area (Å²) < 4.78 is 10.9. The molecule has 4 aromatic carbocycles. The Morgan fingerprint density at radius 1 is 0.543 bits per heavy atom. The molecule has 0 saturated heterocycles. The highest BCUT2D eigenvalue weighted by Crippen LogP contribution is 2.22. The van der Waals surface area contributed by atoms with Crippen molar-refractivity contribution in [3.8, 4) is 23.6 Å². The lowest BCUT2D eigenvalue weighted by Gasteiger charge is -2.06. The van der Waals surface area contributed by atoms with Crippen molar-refractivity contribution < 1.29 is 19.1 Å². The van der Waals surface area contributed by atoms with Gasteiger partial charge in [-0.25, -0.2) is 0 Å². The number of ether oxygens (including phenoxy) is 2. The topological polar surface area (TPSA) is 100 Å². The summed E-state index contributed by atoms with van der Waals surface area (Å²) in [4.78, 5) is 24.6. The zero-order chi connectivity index (χ0) is 32.7. The molecule has 0 spiro atoms. The van der Waals surface area contributed by atoms with Crippen LogP contribution in [0.3, 0.4) is 0 Å². The van der Waals surface area contributed by atoms with Crippen LogP contribution < -0.4 is 9.47 Å². The summed E-state index contributed by atoms with van der Waals surface area (Å²) in [7, 11) is 0. The van der Waals surface area contributed by atoms with E-state index in [-0.39, 0.29) is 24.8 Å². The first-order valence-corrected chi connectivity index (χ1v) is 15.3. The Kier molecular flexibility index (Phi) is 12.2. The van der Waals surface area contributed by atoms with Crippen molar-refractivity contribution in [2.45, 2.75) is 52.4 Å². The van der Waals surface area contributed by atoms with E-state index in [0.717, 1.165) is 46.2 Å². The van der Waals surface area contributed by atoms with E-state index in [1.54, 1.807) is 36.4 Å². The average Bonchev–Trinajstić information content (AvgIpc) is 3.06. The second-order valence-corrected chi connectivity index (χ2v) is 11.1. The molecule has 4 rings (SSSR count). The predicted octanol–water partition coefficient (Wildman–Crippen LogP) is 9.28. The summed E-state index contributed by atoms with van der Waals surface area (Å²) >= 11 is 0. The fourth-order valence-corrected chi connectivity index (χ4v) is 4.68. The van der Waals surface area contributed by atoms with Gasteiger partial charge in [-0.2, -0.15) is 10.5 Å². The standard InChI is InChI=1S/C40H36N2O4/c1-29-9-17-33(18-10-29)35(27-41)25-31-13-21-37(22-14-31)45-39(43)7-5-3-4-6-8-40(44)46-38-23-15-32(16-24-38)26-36(28-42)34-19-11-30(2)12-20-34/h9-26H,3-8H2,1-2H3. The van der Waals surface area contributed by atoms with Gasteiger partial charge < -0.3 is 9.47 Å². The number of hydrogen-bond acceptors (Lipinski definition) is 6. The maximum Gasteiger partial charge on any atom is 0.311 e. The number of unbranched alkanes of at least 4 members (excludes halogenated alkanes) is 3. The number of carbonyl (C=O) groups excluding carboxylic acids is 2. The van der Waals surface area contributed by atoms with E-state index in [1.165, 1.54) is 0 Å². The van der Waals surface area contributed by atoms with Crippen LogP contribution in [0.15, 0.2) is 97.1 Å². The molecule has 0 aliphatic carbocycles. The summed E-state index contributed by atoms with van der Waals surface area (Å²) in [5, 5.41) is 19.1. The highest BCUT2D eigenvalue weighted by molar-refractivity contribution is 5.90. The number of nitrogens with zero attached hydrogens (tertiary/aromatic N) is 2. The van der Waals surface area contributed by atoms with Crippen LogP contribution in [0.2, 0.25) is 0 Å². The molecule has 0 amide bonds. The molecule has 0 heterocycles. The van der Waals surface area contributed by atoms with Gasteiger partial charge in [-0.15, -0.1) is 0 Å². The summed E-state index contributed by atoms with van der Waals surface area (Å²) in [6, 6.07) is 34.2. The lowest BCUT2D eigenvalue weighted by Crippen LogP contribution is -2.08. The minimum Gasteiger partial charge on any atom is -0.427 e. The fraction of sp³-hybridized carbons (Fsp3) is 0.200. The summed E-state index contributed by atoms with van der Waals surface area (Å²) in [5.41, 5.74) is 6.77. The van der Waals surface area contributed by atoms with Gasteiger partial charge in [0.25, 0.3) is 0 Å². The third kappa shape index (κ3) is 10.5. The minimum atomic E-state index is -0.306. The molecule has 0 saturated carbocycles. The van der Waals surface area contributed by atoms with Crippen LogP contribution in [-0.4, -0.2) is 11.9 Å². The highest BCUT2D eigenvalue weighted by atomic mass is 16.5. The van der Waals surface area contributed by atoms with Gasteiger partial charge in [0.1, 0.15) is 11.5 Å². The molecule has 0 fully saturated rings. The molecule has 0 N–H and O–H groups in total. The van der Waals surface area contributed by atoms with Crippen LogP contribution in [0.1, 0.15) is 71.9 Å². The molecule has 0 aliphatic heterocycles. The number of aryl methyl sites for hydroxylation is 2. The number of hydrogen-bond donors (Lipinski definition) is 0. The number of allylic oxidation sites excluding steroid dienone is 2. The summed E-state index contributed by atoms with van der Waals surface area (Å²) in [6.07, 6.45) is 7.11. The van der Waals surface area contributed by atoms with Gasteiger partial charge in [0.2, 0.25) is 0 Å². The molecular formula is C40H36N2O4. The lowest BCUT2D eigenvalue weighted by molar-refractivity contribution is -0.135. The number of carbonyl (C=O) groups is 2. The Labute approximate surface area is 270 Å². The normalized spacial score (nSPS) is 11.3. The molecule has 0 unspecified atom stereocenters. The summed E-state index contributed by atoms with van der Waals surface area (Å²) in [6.45, 7) is 4.00. The van der Waals surface area contributed by atoms with Crippen molar-refractivity contribution in [1.29, 1.82) is 10.5 Å². The van der Waals surface area contributed by atoms with Gasteiger partial charge in [-0.1, -0.05) is 96.8 Å². The van der Waals surface area contributed by atoms with Crippen molar-refractivity contribution in [2.24, 2.45) is 0 Å². The number of benzene rings is 4. The fourth-order valence-electron chi connectivity index (χ4n) is 4.68. The van der Waals surface area contributed by atoms with Gasteiger partial charge >= 0.3 is 11.9 Å². The smallest absolute Gasteiger partial charge is 0.311 e. The van der Waals surface area contributed by atoms with Crippen molar-refractivity contribution in [2.75, 3.05) is 0 Å². The second kappa shape index (κ2) is 16.9. The molecule has 230 valence electrons. The van der Waals surface area contributed by atoms with Crippen LogP contribution in [0, 0.1) is 36.5 Å². The first kappa shape index (κ1) is 33.2. The molecule has 46 heavy (non-hydrogen) atoms. The van der Waals surface area contributed by atoms with Crippen LogP contribution in [0.5, 0.6) is 11.5 Å². The minimum absolute atomic E-state index is 0.288. The zero-order valence-electron chi connectivity index (χ0n) is 26.2. The van der Waals surface area contributed by atoms with Crippen molar-refractivity contribution >= 4 is 35.2 Å². The van der Waals surface area contributed by atoms with Crippen LogP contribution in [0.4, 0.5) is 0 Å². The van der Waals surface area contributed by atoms with Gasteiger partial charge in [-0.05, 0) is 85.4 Å². The lowest BCUT2D eigenvalue weighted by atomic mass is 10.0. The molecule has 0 aromatic heterocycles. The maximum atomic E-state index is 12.3. The van der Waals surface area contributed by atoms with Gasteiger partial charge in [0.15, 0.2) is 0 Å². The Balaban J connectivity index is 1.13. The van der Waals surface area contributed by atoms with E-state index in [2.05, 4.69) is 12.1 Å². The van der Waals surface area contributed by atoms with E-state index in [0.29, 0.717) is 35.5 Å². The van der Waals surface area contributed by atoms with Gasteiger partial charge in [0, 0.05) is 12.8 Å². The molecule has 6 nitrogen and oxygen atoms in total. The van der Waals surface area contributed by atoms with Crippen molar-refractivity contribution in [3.05, 3.63) is 130 Å². The Bertz CT molecular complexity index is 1630. The van der Waals surface area contributed by atoms with Crippen molar-refractivity contribution in [1.82, 2.24) is 0 Å². The van der Waals surface area contributed by atoms with Crippen LogP contribution in [0.25, 0.3) is 23.3 Å².